The van der Waals surface area contributed by atoms with Crippen molar-refractivity contribution in [1.82, 2.24) is 24.6 Å². The first-order valence-electron chi connectivity index (χ1n) is 10.8. The van der Waals surface area contributed by atoms with Crippen molar-refractivity contribution in [1.29, 1.82) is 0 Å². The number of carbonyl (C=O) groups excluding carboxylic acids is 1. The molecule has 9 nitrogen and oxygen atoms in total. The molecule has 0 aliphatic carbocycles. The molecule has 1 fully saturated rings. The van der Waals surface area contributed by atoms with Gasteiger partial charge < -0.3 is 19.1 Å². The van der Waals surface area contributed by atoms with Crippen molar-refractivity contribution in [3.63, 3.8) is 0 Å². The molecular weight excluding hydrogens is 455 g/mol. The molecule has 1 aliphatic rings. The van der Waals surface area contributed by atoms with Crippen LogP contribution >= 0.6 is 0 Å². The summed E-state index contributed by atoms with van der Waals surface area (Å²) in [6.07, 6.45) is -2.09. The number of rotatable bonds is 8. The summed E-state index contributed by atoms with van der Waals surface area (Å²) in [5, 5.41) is 4.42. The Balaban J connectivity index is 1.65. The Labute approximate surface area is 193 Å². The molecule has 0 saturated carbocycles. The van der Waals surface area contributed by atoms with Crippen molar-refractivity contribution < 1.29 is 32.2 Å². The maximum Gasteiger partial charge on any atom is 0.416 e. The molecule has 3 aromatic rings. The van der Waals surface area contributed by atoms with Gasteiger partial charge in [-0.3, -0.25) is 4.68 Å². The van der Waals surface area contributed by atoms with Crippen molar-refractivity contribution >= 4 is 17.3 Å². The van der Waals surface area contributed by atoms with E-state index in [-0.39, 0.29) is 24.7 Å². The topological polar surface area (TPSA) is 91.6 Å². The van der Waals surface area contributed by atoms with Crippen LogP contribution < -0.4 is 4.74 Å². The Kier molecular flexibility index (Phi) is 6.60. The molecule has 1 aliphatic heterocycles. The highest BCUT2D eigenvalue weighted by Crippen LogP contribution is 2.39. The van der Waals surface area contributed by atoms with Gasteiger partial charge in [0.1, 0.15) is 17.4 Å². The van der Waals surface area contributed by atoms with E-state index in [1.165, 1.54) is 6.20 Å². The highest BCUT2D eigenvalue weighted by molar-refractivity contribution is 5.77. The van der Waals surface area contributed by atoms with Crippen LogP contribution in [0.1, 0.15) is 25.0 Å². The van der Waals surface area contributed by atoms with Gasteiger partial charge in [-0.05, 0) is 38.5 Å². The lowest BCUT2D eigenvalue weighted by molar-refractivity contribution is -0.137. The molecule has 4 rings (SSSR count). The number of fused-ring (bicyclic) bond motifs is 1. The minimum absolute atomic E-state index is 0.00798. The van der Waals surface area contributed by atoms with Crippen LogP contribution in [0.4, 0.5) is 18.0 Å². The lowest BCUT2D eigenvalue weighted by atomic mass is 10.0. The molecule has 12 heteroatoms. The Morgan fingerprint density at radius 1 is 1.26 bits per heavy atom. The van der Waals surface area contributed by atoms with Crippen LogP contribution in [0.5, 0.6) is 5.75 Å². The summed E-state index contributed by atoms with van der Waals surface area (Å²) in [6.45, 7) is 6.67. The van der Waals surface area contributed by atoms with Gasteiger partial charge in [0, 0.05) is 18.7 Å². The zero-order valence-electron chi connectivity index (χ0n) is 18.9. The lowest BCUT2D eigenvalue weighted by Gasteiger charge is -2.16. The Morgan fingerprint density at radius 2 is 2.06 bits per heavy atom. The second-order valence-corrected chi connectivity index (χ2v) is 7.78. The van der Waals surface area contributed by atoms with E-state index in [9.17, 15) is 18.0 Å². The number of aryl methyl sites for hydroxylation is 1. The highest BCUT2D eigenvalue weighted by Gasteiger charge is 2.33. The average Bonchev–Trinajstić information content (AvgIpc) is 3.34. The van der Waals surface area contributed by atoms with Crippen LogP contribution in [0, 0.1) is 6.92 Å². The third-order valence-corrected chi connectivity index (χ3v) is 5.38. The number of alkyl halides is 3. The van der Waals surface area contributed by atoms with E-state index in [2.05, 4.69) is 15.1 Å². The third kappa shape index (κ3) is 4.91. The van der Waals surface area contributed by atoms with Crippen LogP contribution in [-0.2, 0) is 22.2 Å². The van der Waals surface area contributed by atoms with E-state index < -0.39 is 11.7 Å². The van der Waals surface area contributed by atoms with E-state index in [1.807, 2.05) is 6.92 Å². The zero-order chi connectivity index (χ0) is 24.5. The molecule has 0 radical (unpaired) electrons. The number of ether oxygens (including phenoxy) is 3. The number of hydrogen-bond donors (Lipinski definition) is 0. The van der Waals surface area contributed by atoms with Gasteiger partial charge in [-0.1, -0.05) is 0 Å². The standard InChI is InChI=1S/C22H24F3N5O4/c1-4-29-9-15(34-21(29)31)10-30-11-17-20(28-30)27-16(8-26-17)19-13(3)6-14(22(23,24)25)7-18(19)33-12-32-5-2/h6-8,11,15H,4-5,9-10,12H2,1-3H3/t15-/m1/s1. The predicted molar refractivity (Wildman–Crippen MR) is 115 cm³/mol. The van der Waals surface area contributed by atoms with Crippen LogP contribution in [-0.4, -0.2) is 63.3 Å². The van der Waals surface area contributed by atoms with Gasteiger partial charge in [0.15, 0.2) is 12.4 Å². The lowest BCUT2D eigenvalue weighted by Crippen LogP contribution is -2.25. The Morgan fingerprint density at radius 3 is 2.74 bits per heavy atom. The van der Waals surface area contributed by atoms with Crippen molar-refractivity contribution in [2.45, 2.75) is 39.6 Å². The van der Waals surface area contributed by atoms with Crippen molar-refractivity contribution in [3.05, 3.63) is 35.7 Å². The van der Waals surface area contributed by atoms with E-state index in [0.717, 1.165) is 12.1 Å². The van der Waals surface area contributed by atoms with Gasteiger partial charge in [0.2, 0.25) is 0 Å². The molecule has 0 unspecified atom stereocenters. The minimum atomic E-state index is -4.53. The largest absolute Gasteiger partial charge is 0.467 e. The first kappa shape index (κ1) is 23.7. The zero-order valence-corrected chi connectivity index (χ0v) is 18.9. The molecule has 0 bridgehead atoms. The molecule has 0 N–H and O–H groups in total. The normalized spacial score (nSPS) is 16.4. The minimum Gasteiger partial charge on any atom is -0.467 e. The summed E-state index contributed by atoms with van der Waals surface area (Å²) < 4.78 is 57.7. The van der Waals surface area contributed by atoms with Gasteiger partial charge in [0.25, 0.3) is 0 Å². The number of cyclic esters (lactones) is 1. The molecule has 182 valence electrons. The summed E-state index contributed by atoms with van der Waals surface area (Å²) in [4.78, 5) is 22.3. The van der Waals surface area contributed by atoms with Crippen LogP contribution in [0.2, 0.25) is 0 Å². The van der Waals surface area contributed by atoms with Crippen LogP contribution in [0.3, 0.4) is 0 Å². The maximum atomic E-state index is 13.4. The fourth-order valence-corrected chi connectivity index (χ4v) is 3.74. The molecule has 1 saturated heterocycles. The highest BCUT2D eigenvalue weighted by atomic mass is 19.4. The summed E-state index contributed by atoms with van der Waals surface area (Å²) in [5.74, 6) is -0.00798. The van der Waals surface area contributed by atoms with E-state index in [0.29, 0.717) is 54.2 Å². The van der Waals surface area contributed by atoms with Crippen molar-refractivity contribution in [3.8, 4) is 17.0 Å². The number of nitrogens with zero attached hydrogens (tertiary/aromatic N) is 5. The summed E-state index contributed by atoms with van der Waals surface area (Å²) in [7, 11) is 0. The molecule has 3 heterocycles. The molecule has 0 spiro atoms. The summed E-state index contributed by atoms with van der Waals surface area (Å²) >= 11 is 0. The fraction of sp³-hybridized carbons (Fsp3) is 0.455. The van der Waals surface area contributed by atoms with Crippen molar-refractivity contribution in [2.24, 2.45) is 0 Å². The molecule has 34 heavy (non-hydrogen) atoms. The number of likely N-dealkylation sites (N-methyl/N-ethyl adjacent to an activating group) is 1. The number of benzene rings is 1. The first-order valence-corrected chi connectivity index (χ1v) is 10.8. The smallest absolute Gasteiger partial charge is 0.416 e. The second-order valence-electron chi connectivity index (χ2n) is 7.78. The van der Waals surface area contributed by atoms with Gasteiger partial charge in [-0.2, -0.15) is 18.3 Å². The molecule has 1 amide bonds. The van der Waals surface area contributed by atoms with Gasteiger partial charge >= 0.3 is 12.3 Å². The number of aromatic nitrogens is 4. The molecule has 1 aromatic carbocycles. The maximum absolute atomic E-state index is 13.4. The van der Waals surface area contributed by atoms with Crippen LogP contribution in [0.25, 0.3) is 22.4 Å². The Hall–Kier alpha value is -3.41. The van der Waals surface area contributed by atoms with Gasteiger partial charge in [-0.15, -0.1) is 0 Å². The molecular formula is C22H24F3N5O4. The van der Waals surface area contributed by atoms with E-state index >= 15 is 0 Å². The van der Waals surface area contributed by atoms with Gasteiger partial charge in [0.05, 0.1) is 36.7 Å². The number of carbonyl (C=O) groups is 1. The molecule has 2 aromatic heterocycles. The van der Waals surface area contributed by atoms with Crippen molar-refractivity contribution in [2.75, 3.05) is 26.5 Å². The fourth-order valence-electron chi connectivity index (χ4n) is 3.74. The van der Waals surface area contributed by atoms with Crippen LogP contribution in [0.15, 0.2) is 24.5 Å². The predicted octanol–water partition coefficient (Wildman–Crippen LogP) is 4.03. The summed E-state index contributed by atoms with van der Waals surface area (Å²) in [6, 6.07) is 1.97. The number of hydrogen-bond acceptors (Lipinski definition) is 7. The monoisotopic (exact) mass is 479 g/mol. The second kappa shape index (κ2) is 9.45. The van der Waals surface area contributed by atoms with Gasteiger partial charge in [-0.25, -0.2) is 14.8 Å². The Bertz CT molecular complexity index is 1200. The third-order valence-electron chi connectivity index (χ3n) is 5.38. The average molecular weight is 479 g/mol. The van der Waals surface area contributed by atoms with E-state index in [4.69, 9.17) is 14.2 Å². The SMILES string of the molecule is CCOCOc1cc(C(F)(F)F)cc(C)c1-c1cnc2cn(C[C@H]3CN(CC)C(=O)O3)nc2n1. The number of halogens is 3. The van der Waals surface area contributed by atoms with E-state index in [1.54, 1.807) is 29.6 Å². The number of amides is 1. The first-order chi connectivity index (χ1) is 16.2. The summed E-state index contributed by atoms with van der Waals surface area (Å²) in [5.41, 5.74) is 1.00. The quantitative estimate of drug-likeness (QED) is 0.356. The molecule has 1 atom stereocenters.